The topological polar surface area (TPSA) is 74.5 Å². The standard InChI is InChI=1S/C14H25N5O2/c1-14(2,3)13-16-11(17-21-13)9-19-7-6-15-8-10(19)12(20)18(4)5/h10,15H,6-9H2,1-5H3. The number of nitrogens with zero attached hydrogens (tertiary/aromatic N) is 4. The summed E-state index contributed by atoms with van der Waals surface area (Å²) < 4.78 is 5.32. The van der Waals surface area contributed by atoms with Crippen LogP contribution in [0.2, 0.25) is 0 Å². The maximum atomic E-state index is 12.2. The predicted octanol–water partition coefficient (Wildman–Crippen LogP) is 0.229. The van der Waals surface area contributed by atoms with Crippen LogP contribution in [0.15, 0.2) is 4.52 Å². The molecule has 2 rings (SSSR count). The van der Waals surface area contributed by atoms with Crippen molar-refractivity contribution in [3.8, 4) is 0 Å². The lowest BCUT2D eigenvalue weighted by Gasteiger charge is -2.35. The van der Waals surface area contributed by atoms with E-state index in [-0.39, 0.29) is 17.4 Å². The van der Waals surface area contributed by atoms with Gasteiger partial charge in [0.05, 0.1) is 6.54 Å². The zero-order valence-corrected chi connectivity index (χ0v) is 13.5. The van der Waals surface area contributed by atoms with Crippen molar-refractivity contribution in [2.45, 2.75) is 38.8 Å². The molecule has 1 fully saturated rings. The maximum absolute atomic E-state index is 12.2. The molecule has 0 aliphatic carbocycles. The summed E-state index contributed by atoms with van der Waals surface area (Å²) in [6.07, 6.45) is 0. The van der Waals surface area contributed by atoms with Crippen LogP contribution in [0.5, 0.6) is 0 Å². The van der Waals surface area contributed by atoms with Crippen LogP contribution in [0.1, 0.15) is 32.5 Å². The molecule has 1 N–H and O–H groups in total. The minimum Gasteiger partial charge on any atom is -0.347 e. The van der Waals surface area contributed by atoms with Crippen molar-refractivity contribution in [3.63, 3.8) is 0 Å². The van der Waals surface area contributed by atoms with Crippen LogP contribution < -0.4 is 5.32 Å². The molecule has 1 saturated heterocycles. The van der Waals surface area contributed by atoms with Crippen molar-refractivity contribution in [1.82, 2.24) is 25.3 Å². The second-order valence-electron chi connectivity index (χ2n) is 6.69. The van der Waals surface area contributed by atoms with Crippen molar-refractivity contribution >= 4 is 5.91 Å². The summed E-state index contributed by atoms with van der Waals surface area (Å²) in [6.45, 7) is 8.95. The number of hydrogen-bond donors (Lipinski definition) is 1. The van der Waals surface area contributed by atoms with Crippen LogP contribution in [0, 0.1) is 0 Å². The summed E-state index contributed by atoms with van der Waals surface area (Å²) in [5, 5.41) is 7.30. The van der Waals surface area contributed by atoms with Gasteiger partial charge in [0.25, 0.3) is 0 Å². The first-order valence-electron chi connectivity index (χ1n) is 7.28. The van der Waals surface area contributed by atoms with Gasteiger partial charge in [0, 0.05) is 39.1 Å². The van der Waals surface area contributed by atoms with Crippen molar-refractivity contribution < 1.29 is 9.32 Å². The van der Waals surface area contributed by atoms with E-state index in [1.165, 1.54) is 0 Å². The van der Waals surface area contributed by atoms with Crippen molar-refractivity contribution in [2.24, 2.45) is 0 Å². The van der Waals surface area contributed by atoms with Gasteiger partial charge in [-0.2, -0.15) is 4.98 Å². The fourth-order valence-electron chi connectivity index (χ4n) is 2.28. The largest absolute Gasteiger partial charge is 0.347 e. The van der Waals surface area contributed by atoms with Crippen molar-refractivity contribution in [1.29, 1.82) is 0 Å². The SMILES string of the molecule is CN(C)C(=O)C1CNCCN1Cc1noc(C(C)(C)C)n1. The van der Waals surface area contributed by atoms with Crippen LogP contribution in [0.4, 0.5) is 0 Å². The number of aromatic nitrogens is 2. The van der Waals surface area contributed by atoms with Gasteiger partial charge >= 0.3 is 0 Å². The molecule has 0 aromatic carbocycles. The first-order valence-corrected chi connectivity index (χ1v) is 7.28. The molecule has 1 aliphatic heterocycles. The molecule has 21 heavy (non-hydrogen) atoms. The molecule has 1 aromatic heterocycles. The van der Waals surface area contributed by atoms with E-state index in [1.807, 2.05) is 20.8 Å². The number of amides is 1. The normalized spacial score (nSPS) is 20.5. The zero-order valence-electron chi connectivity index (χ0n) is 13.5. The molecule has 7 heteroatoms. The van der Waals surface area contributed by atoms with Gasteiger partial charge in [0.1, 0.15) is 6.04 Å². The molecule has 1 amide bonds. The van der Waals surface area contributed by atoms with E-state index in [4.69, 9.17) is 4.52 Å². The third-order valence-electron chi connectivity index (χ3n) is 3.53. The van der Waals surface area contributed by atoms with E-state index in [2.05, 4.69) is 20.4 Å². The Labute approximate surface area is 125 Å². The third kappa shape index (κ3) is 3.79. The summed E-state index contributed by atoms with van der Waals surface area (Å²) in [7, 11) is 3.56. The fourth-order valence-corrected chi connectivity index (χ4v) is 2.28. The second-order valence-corrected chi connectivity index (χ2v) is 6.69. The third-order valence-corrected chi connectivity index (χ3v) is 3.53. The average Bonchev–Trinajstić information content (AvgIpc) is 2.87. The van der Waals surface area contributed by atoms with Gasteiger partial charge < -0.3 is 14.7 Å². The van der Waals surface area contributed by atoms with Gasteiger partial charge in [0.15, 0.2) is 5.82 Å². The molecule has 118 valence electrons. The molecule has 1 aliphatic rings. The molecule has 1 atom stereocenters. The Morgan fingerprint density at radius 1 is 1.48 bits per heavy atom. The molecule has 1 unspecified atom stereocenters. The number of likely N-dealkylation sites (N-methyl/N-ethyl adjacent to an activating group) is 1. The molecule has 0 bridgehead atoms. The molecule has 7 nitrogen and oxygen atoms in total. The Hall–Kier alpha value is -1.47. The van der Waals surface area contributed by atoms with Gasteiger partial charge in [-0.25, -0.2) is 0 Å². The predicted molar refractivity (Wildman–Crippen MR) is 78.8 cm³/mol. The highest BCUT2D eigenvalue weighted by molar-refractivity contribution is 5.81. The van der Waals surface area contributed by atoms with E-state index in [0.29, 0.717) is 24.8 Å². The highest BCUT2D eigenvalue weighted by atomic mass is 16.5. The van der Waals surface area contributed by atoms with E-state index in [0.717, 1.165) is 13.1 Å². The van der Waals surface area contributed by atoms with Crippen LogP contribution in [-0.4, -0.2) is 65.6 Å². The molecular weight excluding hydrogens is 270 g/mol. The maximum Gasteiger partial charge on any atom is 0.240 e. The lowest BCUT2D eigenvalue weighted by atomic mass is 9.97. The van der Waals surface area contributed by atoms with Gasteiger partial charge in [-0.15, -0.1) is 0 Å². The molecule has 0 spiro atoms. The van der Waals surface area contributed by atoms with Gasteiger partial charge in [-0.3, -0.25) is 9.69 Å². The quantitative estimate of drug-likeness (QED) is 0.860. The number of rotatable bonds is 3. The monoisotopic (exact) mass is 295 g/mol. The highest BCUT2D eigenvalue weighted by Gasteiger charge is 2.31. The van der Waals surface area contributed by atoms with Crippen molar-refractivity contribution in [3.05, 3.63) is 11.7 Å². The summed E-state index contributed by atoms with van der Waals surface area (Å²) >= 11 is 0. The van der Waals surface area contributed by atoms with Gasteiger partial charge in [-0.05, 0) is 0 Å². The average molecular weight is 295 g/mol. The molecule has 0 radical (unpaired) electrons. The smallest absolute Gasteiger partial charge is 0.240 e. The first kappa shape index (κ1) is 15.9. The van der Waals surface area contributed by atoms with E-state index < -0.39 is 0 Å². The summed E-state index contributed by atoms with van der Waals surface area (Å²) in [4.78, 5) is 20.4. The van der Waals surface area contributed by atoms with E-state index in [9.17, 15) is 4.79 Å². The highest BCUT2D eigenvalue weighted by Crippen LogP contribution is 2.20. The van der Waals surface area contributed by atoms with Crippen LogP contribution >= 0.6 is 0 Å². The van der Waals surface area contributed by atoms with Gasteiger partial charge in [0.2, 0.25) is 11.8 Å². The number of carbonyl (C=O) groups is 1. The van der Waals surface area contributed by atoms with Crippen LogP contribution in [0.3, 0.4) is 0 Å². The molecule has 1 aromatic rings. The second kappa shape index (κ2) is 6.11. The first-order chi connectivity index (χ1) is 9.79. The fraction of sp³-hybridized carbons (Fsp3) is 0.786. The van der Waals surface area contributed by atoms with Gasteiger partial charge in [-0.1, -0.05) is 25.9 Å². The zero-order chi connectivity index (χ0) is 15.6. The molecule has 0 saturated carbocycles. The minimum absolute atomic E-state index is 0.0988. The Kier molecular flexibility index (Phi) is 4.63. The Morgan fingerprint density at radius 3 is 2.76 bits per heavy atom. The lowest BCUT2D eigenvalue weighted by molar-refractivity contribution is -0.135. The molecular formula is C14H25N5O2. The number of hydrogen-bond acceptors (Lipinski definition) is 6. The lowest BCUT2D eigenvalue weighted by Crippen LogP contribution is -2.57. The minimum atomic E-state index is -0.176. The Bertz CT molecular complexity index is 492. The number of nitrogens with one attached hydrogen (secondary N) is 1. The molecule has 2 heterocycles. The van der Waals surface area contributed by atoms with Crippen LogP contribution in [-0.2, 0) is 16.8 Å². The summed E-state index contributed by atoms with van der Waals surface area (Å²) in [5.74, 6) is 1.36. The number of carbonyl (C=O) groups excluding carboxylic acids is 1. The van der Waals surface area contributed by atoms with E-state index >= 15 is 0 Å². The summed E-state index contributed by atoms with van der Waals surface area (Å²) in [5.41, 5.74) is -0.159. The van der Waals surface area contributed by atoms with Crippen LogP contribution in [0.25, 0.3) is 0 Å². The number of piperazine rings is 1. The Balaban J connectivity index is 2.09. The van der Waals surface area contributed by atoms with E-state index in [1.54, 1.807) is 19.0 Å². The Morgan fingerprint density at radius 2 is 2.19 bits per heavy atom. The van der Waals surface area contributed by atoms with Crippen molar-refractivity contribution in [2.75, 3.05) is 33.7 Å². The summed E-state index contributed by atoms with van der Waals surface area (Å²) in [6, 6.07) is -0.176.